The summed E-state index contributed by atoms with van der Waals surface area (Å²) in [4.78, 5) is -0.131. The lowest BCUT2D eigenvalue weighted by Crippen LogP contribution is -2.10. The Balaban J connectivity index is 2.20. The molecule has 0 saturated heterocycles. The standard InChI is InChI=1S/C19H17F3N2O3S/c1-12-3-9-16(10-4-12)28(26,27)18-11-17(19(20,21)22)23-24(18)15-7-5-14(6-8-15)13(2)25/h3-11,13,25H,1-2H3. The summed E-state index contributed by atoms with van der Waals surface area (Å²) in [7, 11) is -4.25. The molecular formula is C19H17F3N2O3S. The van der Waals surface area contributed by atoms with Crippen LogP contribution in [0.4, 0.5) is 13.2 Å². The molecule has 0 spiro atoms. The van der Waals surface area contributed by atoms with Gasteiger partial charge in [-0.15, -0.1) is 0 Å². The fourth-order valence-electron chi connectivity index (χ4n) is 2.61. The van der Waals surface area contributed by atoms with Gasteiger partial charge in [-0.3, -0.25) is 0 Å². The zero-order chi connectivity index (χ0) is 20.7. The summed E-state index contributed by atoms with van der Waals surface area (Å²) in [5, 5.41) is 12.5. The number of benzene rings is 2. The Morgan fingerprint density at radius 1 is 1.04 bits per heavy atom. The highest BCUT2D eigenvalue weighted by molar-refractivity contribution is 7.91. The first-order chi connectivity index (χ1) is 13.0. The van der Waals surface area contributed by atoms with Crippen molar-refractivity contribution in [1.82, 2.24) is 9.78 Å². The highest BCUT2D eigenvalue weighted by Crippen LogP contribution is 2.33. The number of rotatable bonds is 4. The average Bonchev–Trinajstić information content (AvgIpc) is 3.09. The molecule has 0 aliphatic carbocycles. The van der Waals surface area contributed by atoms with E-state index in [9.17, 15) is 26.7 Å². The van der Waals surface area contributed by atoms with Gasteiger partial charge in [0, 0.05) is 6.07 Å². The zero-order valence-electron chi connectivity index (χ0n) is 15.0. The monoisotopic (exact) mass is 410 g/mol. The van der Waals surface area contributed by atoms with Crippen LogP contribution in [0.15, 0.2) is 64.5 Å². The first-order valence-corrected chi connectivity index (χ1v) is 9.76. The van der Waals surface area contributed by atoms with Crippen LogP contribution in [0, 0.1) is 6.92 Å². The summed E-state index contributed by atoms with van der Waals surface area (Å²) < 4.78 is 66.3. The maximum absolute atomic E-state index is 13.2. The highest BCUT2D eigenvalue weighted by atomic mass is 32.2. The van der Waals surface area contributed by atoms with E-state index in [0.717, 1.165) is 10.2 Å². The van der Waals surface area contributed by atoms with Gasteiger partial charge in [0.2, 0.25) is 9.84 Å². The van der Waals surface area contributed by atoms with E-state index < -0.39 is 32.8 Å². The Morgan fingerprint density at radius 3 is 2.11 bits per heavy atom. The summed E-state index contributed by atoms with van der Waals surface area (Å²) in [5.41, 5.74) is 0.176. The Bertz CT molecular complexity index is 1080. The molecule has 0 saturated carbocycles. The number of halogens is 3. The highest BCUT2D eigenvalue weighted by Gasteiger charge is 2.37. The van der Waals surface area contributed by atoms with Crippen molar-refractivity contribution < 1.29 is 26.7 Å². The largest absolute Gasteiger partial charge is 0.435 e. The topological polar surface area (TPSA) is 72.2 Å². The Kier molecular flexibility index (Phi) is 5.07. The Morgan fingerprint density at radius 2 is 1.61 bits per heavy atom. The van der Waals surface area contributed by atoms with Crippen molar-refractivity contribution >= 4 is 9.84 Å². The number of aryl methyl sites for hydroxylation is 1. The minimum Gasteiger partial charge on any atom is -0.389 e. The third kappa shape index (κ3) is 3.81. The number of aromatic nitrogens is 2. The molecule has 0 aliphatic heterocycles. The zero-order valence-corrected chi connectivity index (χ0v) is 15.8. The normalized spacial score (nSPS) is 13.5. The summed E-state index contributed by atoms with van der Waals surface area (Å²) in [5.74, 6) is 0. The van der Waals surface area contributed by atoms with Gasteiger partial charge >= 0.3 is 6.18 Å². The molecule has 0 radical (unpaired) electrons. The molecule has 2 aromatic carbocycles. The summed E-state index contributed by atoms with van der Waals surface area (Å²) in [6.45, 7) is 3.31. The molecule has 148 valence electrons. The molecule has 1 aromatic heterocycles. The number of aliphatic hydroxyl groups excluding tert-OH is 1. The van der Waals surface area contributed by atoms with Gasteiger partial charge in [0.05, 0.1) is 16.7 Å². The minimum absolute atomic E-state index is 0.130. The molecule has 28 heavy (non-hydrogen) atoms. The Hall–Kier alpha value is -2.65. The molecule has 5 nitrogen and oxygen atoms in total. The maximum atomic E-state index is 13.2. The molecule has 0 aliphatic rings. The summed E-state index contributed by atoms with van der Waals surface area (Å²) in [6, 6.07) is 12.1. The molecular weight excluding hydrogens is 393 g/mol. The van der Waals surface area contributed by atoms with Crippen LogP contribution in [-0.2, 0) is 16.0 Å². The van der Waals surface area contributed by atoms with Crippen LogP contribution in [0.25, 0.3) is 5.69 Å². The predicted molar refractivity (Wildman–Crippen MR) is 95.8 cm³/mol. The minimum atomic E-state index is -4.80. The van der Waals surface area contributed by atoms with Crippen LogP contribution in [0.2, 0.25) is 0 Å². The van der Waals surface area contributed by atoms with Crippen molar-refractivity contribution in [2.45, 2.75) is 36.0 Å². The second-order valence-corrected chi connectivity index (χ2v) is 8.26. The van der Waals surface area contributed by atoms with Gasteiger partial charge in [-0.05, 0) is 43.7 Å². The Labute approximate surface area is 160 Å². The second kappa shape index (κ2) is 7.06. The molecule has 0 amide bonds. The van der Waals surface area contributed by atoms with Gasteiger partial charge < -0.3 is 5.11 Å². The SMILES string of the molecule is Cc1ccc(S(=O)(=O)c2cc(C(F)(F)F)nn2-c2ccc(C(C)O)cc2)cc1. The first-order valence-electron chi connectivity index (χ1n) is 8.27. The van der Waals surface area contributed by atoms with Crippen LogP contribution in [0.5, 0.6) is 0 Å². The summed E-state index contributed by atoms with van der Waals surface area (Å²) >= 11 is 0. The lowest BCUT2D eigenvalue weighted by atomic mass is 10.1. The van der Waals surface area contributed by atoms with Gasteiger partial charge in [-0.2, -0.15) is 18.3 Å². The van der Waals surface area contributed by atoms with E-state index in [1.807, 2.05) is 0 Å². The average molecular weight is 410 g/mol. The second-order valence-electron chi connectivity index (χ2n) is 6.36. The van der Waals surface area contributed by atoms with Crippen molar-refractivity contribution in [1.29, 1.82) is 0 Å². The van der Waals surface area contributed by atoms with Crippen molar-refractivity contribution in [3.05, 3.63) is 71.4 Å². The molecule has 1 atom stereocenters. The number of hydrogen-bond donors (Lipinski definition) is 1. The van der Waals surface area contributed by atoms with Crippen molar-refractivity contribution in [2.75, 3.05) is 0 Å². The van der Waals surface area contributed by atoms with E-state index in [4.69, 9.17) is 0 Å². The van der Waals surface area contributed by atoms with Crippen molar-refractivity contribution in [2.24, 2.45) is 0 Å². The van der Waals surface area contributed by atoms with Crippen LogP contribution in [0.3, 0.4) is 0 Å². The number of alkyl halides is 3. The number of sulfone groups is 1. The molecule has 9 heteroatoms. The van der Waals surface area contributed by atoms with Crippen molar-refractivity contribution in [3.8, 4) is 5.69 Å². The lowest BCUT2D eigenvalue weighted by molar-refractivity contribution is -0.141. The predicted octanol–water partition coefficient (Wildman–Crippen LogP) is 4.09. The van der Waals surface area contributed by atoms with E-state index in [2.05, 4.69) is 5.10 Å². The van der Waals surface area contributed by atoms with Crippen LogP contribution in [0.1, 0.15) is 29.8 Å². The third-order valence-corrected chi connectivity index (χ3v) is 5.93. The van der Waals surface area contributed by atoms with Crippen LogP contribution in [-0.4, -0.2) is 23.3 Å². The fraction of sp³-hybridized carbons (Fsp3) is 0.211. The maximum Gasteiger partial charge on any atom is 0.435 e. The smallest absolute Gasteiger partial charge is 0.389 e. The van der Waals surface area contributed by atoms with Gasteiger partial charge in [-0.25, -0.2) is 13.1 Å². The quantitative estimate of drug-likeness (QED) is 0.703. The number of aliphatic hydroxyl groups is 1. The van der Waals surface area contributed by atoms with Crippen LogP contribution < -0.4 is 0 Å². The lowest BCUT2D eigenvalue weighted by Gasteiger charge is -2.10. The molecule has 0 bridgehead atoms. The van der Waals surface area contributed by atoms with E-state index >= 15 is 0 Å². The van der Waals surface area contributed by atoms with E-state index in [0.29, 0.717) is 11.6 Å². The first kappa shape index (κ1) is 20.1. The van der Waals surface area contributed by atoms with E-state index in [1.54, 1.807) is 19.1 Å². The number of hydrogen-bond acceptors (Lipinski definition) is 4. The van der Waals surface area contributed by atoms with Gasteiger partial charge in [0.1, 0.15) is 0 Å². The van der Waals surface area contributed by atoms with Gasteiger partial charge in [0.25, 0.3) is 0 Å². The fourth-order valence-corrected chi connectivity index (χ4v) is 3.99. The molecule has 3 aromatic rings. The summed E-state index contributed by atoms with van der Waals surface area (Å²) in [6.07, 6.45) is -5.57. The third-order valence-electron chi connectivity index (χ3n) is 4.19. The molecule has 1 N–H and O–H groups in total. The molecule has 1 unspecified atom stereocenters. The number of nitrogens with zero attached hydrogens (tertiary/aromatic N) is 2. The molecule has 3 rings (SSSR count). The van der Waals surface area contributed by atoms with Crippen molar-refractivity contribution in [3.63, 3.8) is 0 Å². The van der Waals surface area contributed by atoms with Crippen LogP contribution >= 0.6 is 0 Å². The van der Waals surface area contributed by atoms with Gasteiger partial charge in [-0.1, -0.05) is 29.8 Å². The van der Waals surface area contributed by atoms with E-state index in [-0.39, 0.29) is 10.6 Å². The molecule has 1 heterocycles. The van der Waals surface area contributed by atoms with E-state index in [1.165, 1.54) is 43.3 Å². The molecule has 0 fully saturated rings. The van der Waals surface area contributed by atoms with Gasteiger partial charge in [0.15, 0.2) is 10.7 Å².